The second-order valence-corrected chi connectivity index (χ2v) is 6.39. The molecule has 0 atom stereocenters. The summed E-state index contributed by atoms with van der Waals surface area (Å²) in [4.78, 5) is 14.4. The van der Waals surface area contributed by atoms with Gasteiger partial charge in [0.15, 0.2) is 11.5 Å². The van der Waals surface area contributed by atoms with Crippen molar-refractivity contribution in [1.82, 2.24) is 4.90 Å². The fraction of sp³-hybridized carbons (Fsp3) is 0.350. The fourth-order valence-corrected chi connectivity index (χ4v) is 3.20. The molecule has 0 bridgehead atoms. The number of halogens is 2. The quantitative estimate of drug-likeness (QED) is 0.784. The van der Waals surface area contributed by atoms with E-state index in [2.05, 4.69) is 10.1 Å². The Morgan fingerprint density at radius 2 is 1.75 bits per heavy atom. The second-order valence-electron chi connectivity index (χ2n) is 6.39. The first-order valence-electron chi connectivity index (χ1n) is 8.79. The molecule has 0 spiro atoms. The van der Waals surface area contributed by atoms with Crippen LogP contribution in [-0.2, 0) is 17.8 Å². The Balaban J connectivity index is 1.58. The molecule has 28 heavy (non-hydrogen) atoms. The molecule has 0 saturated carbocycles. The van der Waals surface area contributed by atoms with Crippen molar-refractivity contribution in [3.63, 3.8) is 0 Å². The molecular formula is C20H22F2N2O4. The van der Waals surface area contributed by atoms with Gasteiger partial charge in [-0.2, -0.15) is 8.78 Å². The van der Waals surface area contributed by atoms with E-state index >= 15 is 0 Å². The summed E-state index contributed by atoms with van der Waals surface area (Å²) in [7, 11) is 3.20. The van der Waals surface area contributed by atoms with Gasteiger partial charge in [-0.1, -0.05) is 0 Å². The number of hydrogen-bond donors (Lipinski definition) is 1. The van der Waals surface area contributed by atoms with Crippen LogP contribution in [0.15, 0.2) is 36.4 Å². The molecule has 2 aromatic carbocycles. The zero-order valence-electron chi connectivity index (χ0n) is 15.7. The lowest BCUT2D eigenvalue weighted by Crippen LogP contribution is -2.37. The van der Waals surface area contributed by atoms with Crippen LogP contribution in [-0.4, -0.2) is 44.7 Å². The smallest absolute Gasteiger partial charge is 0.387 e. The van der Waals surface area contributed by atoms with E-state index in [1.54, 1.807) is 14.2 Å². The number of rotatable bonds is 7. The molecule has 1 N–H and O–H groups in total. The second kappa shape index (κ2) is 8.88. The highest BCUT2D eigenvalue weighted by atomic mass is 19.3. The minimum atomic E-state index is -2.87. The molecule has 1 heterocycles. The molecule has 0 saturated heterocycles. The van der Waals surface area contributed by atoms with Crippen molar-refractivity contribution in [3.8, 4) is 17.2 Å². The molecule has 8 heteroatoms. The number of anilines is 1. The number of hydrogen-bond acceptors (Lipinski definition) is 5. The lowest BCUT2D eigenvalue weighted by atomic mass is 9.99. The number of fused-ring (bicyclic) bond motifs is 1. The lowest BCUT2D eigenvalue weighted by molar-refractivity contribution is -0.117. The van der Waals surface area contributed by atoms with Crippen LogP contribution in [0, 0.1) is 0 Å². The van der Waals surface area contributed by atoms with Gasteiger partial charge < -0.3 is 19.5 Å². The number of ether oxygens (including phenoxy) is 3. The van der Waals surface area contributed by atoms with Crippen LogP contribution in [0.2, 0.25) is 0 Å². The normalized spacial score (nSPS) is 13.8. The molecule has 1 aliphatic heterocycles. The van der Waals surface area contributed by atoms with E-state index < -0.39 is 6.61 Å². The van der Waals surface area contributed by atoms with Gasteiger partial charge in [0.05, 0.1) is 20.8 Å². The van der Waals surface area contributed by atoms with E-state index in [4.69, 9.17) is 9.47 Å². The number of nitrogens with zero attached hydrogens (tertiary/aromatic N) is 1. The van der Waals surface area contributed by atoms with Crippen LogP contribution < -0.4 is 19.5 Å². The number of amides is 1. The van der Waals surface area contributed by atoms with Crippen molar-refractivity contribution in [2.24, 2.45) is 0 Å². The first-order valence-corrected chi connectivity index (χ1v) is 8.79. The third kappa shape index (κ3) is 4.89. The topological polar surface area (TPSA) is 60.0 Å². The zero-order valence-corrected chi connectivity index (χ0v) is 15.7. The number of nitrogens with one attached hydrogen (secondary N) is 1. The SMILES string of the molecule is COc1cc2c(cc1OC)CN(CC(=O)Nc1ccc(OC(F)F)cc1)CC2. The van der Waals surface area contributed by atoms with E-state index in [0.29, 0.717) is 23.7 Å². The van der Waals surface area contributed by atoms with Crippen molar-refractivity contribution in [2.75, 3.05) is 32.6 Å². The summed E-state index contributed by atoms with van der Waals surface area (Å²) in [6.07, 6.45) is 0.808. The van der Waals surface area contributed by atoms with Gasteiger partial charge in [-0.25, -0.2) is 0 Å². The Morgan fingerprint density at radius 3 is 2.36 bits per heavy atom. The largest absolute Gasteiger partial charge is 0.493 e. The maximum Gasteiger partial charge on any atom is 0.387 e. The predicted octanol–water partition coefficient (Wildman–Crippen LogP) is 3.30. The van der Waals surface area contributed by atoms with Gasteiger partial charge in [-0.15, -0.1) is 0 Å². The summed E-state index contributed by atoms with van der Waals surface area (Å²) in [5.74, 6) is 1.24. The Labute approximate surface area is 162 Å². The maximum absolute atomic E-state index is 12.3. The average Bonchev–Trinajstić information content (AvgIpc) is 2.67. The third-order valence-corrected chi connectivity index (χ3v) is 4.53. The van der Waals surface area contributed by atoms with Crippen LogP contribution in [0.1, 0.15) is 11.1 Å². The third-order valence-electron chi connectivity index (χ3n) is 4.53. The van der Waals surface area contributed by atoms with Gasteiger partial charge in [-0.3, -0.25) is 9.69 Å². The molecule has 1 amide bonds. The molecule has 0 radical (unpaired) electrons. The van der Waals surface area contributed by atoms with Gasteiger partial charge >= 0.3 is 6.61 Å². The van der Waals surface area contributed by atoms with Gasteiger partial charge in [0.1, 0.15) is 5.75 Å². The van der Waals surface area contributed by atoms with E-state index in [9.17, 15) is 13.6 Å². The molecule has 0 aliphatic carbocycles. The summed E-state index contributed by atoms with van der Waals surface area (Å²) in [5.41, 5.74) is 2.81. The molecule has 2 aromatic rings. The van der Waals surface area contributed by atoms with E-state index in [-0.39, 0.29) is 18.2 Å². The summed E-state index contributed by atoms with van der Waals surface area (Å²) < 4.78 is 39.3. The molecule has 0 unspecified atom stereocenters. The predicted molar refractivity (Wildman–Crippen MR) is 100 cm³/mol. The minimum absolute atomic E-state index is 0.0463. The van der Waals surface area contributed by atoms with Gasteiger partial charge in [0.25, 0.3) is 0 Å². The standard InChI is InChI=1S/C20H22F2N2O4/c1-26-17-9-13-7-8-24(11-14(13)10-18(17)27-2)12-19(25)23-15-3-5-16(6-4-15)28-20(21)22/h3-6,9-10,20H,7-8,11-12H2,1-2H3,(H,23,25). The van der Waals surface area contributed by atoms with E-state index in [1.807, 2.05) is 17.0 Å². The Morgan fingerprint density at radius 1 is 1.11 bits per heavy atom. The number of alkyl halides is 2. The Bertz CT molecular complexity index is 828. The monoisotopic (exact) mass is 392 g/mol. The first kappa shape index (κ1) is 19.9. The van der Waals surface area contributed by atoms with Crippen molar-refractivity contribution in [3.05, 3.63) is 47.5 Å². The minimum Gasteiger partial charge on any atom is -0.493 e. The lowest BCUT2D eigenvalue weighted by Gasteiger charge is -2.29. The molecule has 0 aromatic heterocycles. The van der Waals surface area contributed by atoms with Gasteiger partial charge in [0.2, 0.25) is 5.91 Å². The summed E-state index contributed by atoms with van der Waals surface area (Å²) in [6.45, 7) is -1.27. The summed E-state index contributed by atoms with van der Waals surface area (Å²) >= 11 is 0. The van der Waals surface area contributed by atoms with Crippen LogP contribution in [0.25, 0.3) is 0 Å². The van der Waals surface area contributed by atoms with Crippen LogP contribution in [0.3, 0.4) is 0 Å². The zero-order chi connectivity index (χ0) is 20.1. The summed E-state index contributed by atoms with van der Waals surface area (Å²) in [5, 5.41) is 2.77. The van der Waals surface area contributed by atoms with Crippen LogP contribution in [0.4, 0.5) is 14.5 Å². The van der Waals surface area contributed by atoms with Crippen LogP contribution >= 0.6 is 0 Å². The van der Waals surface area contributed by atoms with Crippen molar-refractivity contribution < 1.29 is 27.8 Å². The van der Waals surface area contributed by atoms with Crippen molar-refractivity contribution >= 4 is 11.6 Å². The van der Waals surface area contributed by atoms with E-state index in [0.717, 1.165) is 18.5 Å². The molecule has 6 nitrogen and oxygen atoms in total. The molecule has 1 aliphatic rings. The van der Waals surface area contributed by atoms with Gasteiger partial charge in [0, 0.05) is 18.8 Å². The van der Waals surface area contributed by atoms with Crippen molar-refractivity contribution in [2.45, 2.75) is 19.6 Å². The Hall–Kier alpha value is -2.87. The number of carbonyl (C=O) groups excluding carboxylic acids is 1. The van der Waals surface area contributed by atoms with Gasteiger partial charge in [-0.05, 0) is 53.9 Å². The summed E-state index contributed by atoms with van der Waals surface area (Å²) in [6, 6.07) is 9.75. The average molecular weight is 392 g/mol. The molecule has 3 rings (SSSR count). The maximum atomic E-state index is 12.3. The number of methoxy groups -OCH3 is 2. The van der Waals surface area contributed by atoms with E-state index in [1.165, 1.54) is 29.8 Å². The fourth-order valence-electron chi connectivity index (χ4n) is 3.20. The molecule has 150 valence electrons. The highest BCUT2D eigenvalue weighted by Gasteiger charge is 2.21. The molecule has 0 fully saturated rings. The Kier molecular flexibility index (Phi) is 6.30. The van der Waals surface area contributed by atoms with Crippen molar-refractivity contribution in [1.29, 1.82) is 0 Å². The van der Waals surface area contributed by atoms with Crippen LogP contribution in [0.5, 0.6) is 17.2 Å². The molecular weight excluding hydrogens is 370 g/mol. The number of carbonyl (C=O) groups is 1. The first-order chi connectivity index (χ1) is 13.5. The number of benzene rings is 2. The highest BCUT2D eigenvalue weighted by Crippen LogP contribution is 2.33. The highest BCUT2D eigenvalue weighted by molar-refractivity contribution is 5.92.